The van der Waals surface area contributed by atoms with Gasteiger partial charge in [-0.2, -0.15) is 0 Å². The largest absolute Gasteiger partial charge is 0.411 e. The lowest BCUT2D eigenvalue weighted by molar-refractivity contribution is -0.115. The fraction of sp³-hybridized carbons (Fsp3) is 0.286. The third-order valence-electron chi connectivity index (χ3n) is 5.45. The van der Waals surface area contributed by atoms with Crippen LogP contribution in [0.1, 0.15) is 27.7 Å². The molecule has 0 N–H and O–H groups in total. The van der Waals surface area contributed by atoms with Crippen LogP contribution in [0.5, 0.6) is 0 Å². The fourth-order valence-corrected chi connectivity index (χ4v) is 8.30. The first-order valence-corrected chi connectivity index (χ1v) is 16.1. The van der Waals surface area contributed by atoms with Crippen molar-refractivity contribution in [2.24, 2.45) is 0 Å². The van der Waals surface area contributed by atoms with E-state index in [1.807, 2.05) is 26.4 Å². The minimum absolute atomic E-state index is 0.167. The fourth-order valence-electron chi connectivity index (χ4n) is 3.42. The van der Waals surface area contributed by atoms with E-state index in [1.165, 1.54) is 48.4 Å². The van der Waals surface area contributed by atoms with Crippen LogP contribution in [0.2, 0.25) is 13.1 Å². The normalized spacial score (nSPS) is 13.6. The topological polar surface area (TPSA) is 52.6 Å². The van der Waals surface area contributed by atoms with Crippen molar-refractivity contribution < 1.29 is 18.4 Å². The van der Waals surface area contributed by atoms with E-state index in [0.29, 0.717) is 0 Å². The van der Waals surface area contributed by atoms with Gasteiger partial charge in [0.1, 0.15) is 11.6 Å². The van der Waals surface area contributed by atoms with Crippen molar-refractivity contribution in [3.63, 3.8) is 0 Å². The minimum Gasteiger partial charge on any atom is -0.411 e. The standard InChI is InChI=1S/C22H26O2Si2.2C3H6O/c1-23-25(3,19-11-7-5-8-12-19)21-15-17-22(18-16-21)26(4,24-2)20-13-9-6-10-14-20;2*1-3(2)4/h5-18H,1-4H3;2*1-2H3. The second-order valence-electron chi connectivity index (χ2n) is 8.60. The second kappa shape index (κ2) is 13.9. The molecule has 0 aromatic heterocycles. The van der Waals surface area contributed by atoms with Gasteiger partial charge in [-0.15, -0.1) is 0 Å². The number of hydrogen-bond donors (Lipinski definition) is 0. The first-order valence-electron chi connectivity index (χ1n) is 11.3. The smallest absolute Gasteiger partial charge is 0.252 e. The molecule has 0 aliphatic rings. The van der Waals surface area contributed by atoms with E-state index in [2.05, 4.69) is 85.9 Å². The molecule has 0 bridgehead atoms. The Labute approximate surface area is 207 Å². The van der Waals surface area contributed by atoms with Crippen LogP contribution in [0, 0.1) is 0 Å². The summed E-state index contributed by atoms with van der Waals surface area (Å²) in [6.07, 6.45) is 0. The zero-order valence-corrected chi connectivity index (χ0v) is 23.7. The third kappa shape index (κ3) is 8.29. The Hall–Kier alpha value is -2.65. The highest BCUT2D eigenvalue weighted by Gasteiger charge is 2.35. The van der Waals surface area contributed by atoms with E-state index in [1.54, 1.807) is 0 Å². The molecule has 0 radical (unpaired) electrons. The van der Waals surface area contributed by atoms with Crippen LogP contribution >= 0.6 is 0 Å². The van der Waals surface area contributed by atoms with Crippen LogP contribution < -0.4 is 20.7 Å². The van der Waals surface area contributed by atoms with E-state index in [9.17, 15) is 9.59 Å². The molecule has 3 aromatic carbocycles. The average Bonchev–Trinajstić information content (AvgIpc) is 2.83. The van der Waals surface area contributed by atoms with Crippen LogP contribution in [0.15, 0.2) is 84.9 Å². The van der Waals surface area contributed by atoms with Gasteiger partial charge in [0.2, 0.25) is 0 Å². The van der Waals surface area contributed by atoms with Crippen molar-refractivity contribution in [3.8, 4) is 0 Å². The Bertz CT molecular complexity index is 931. The van der Waals surface area contributed by atoms with Crippen molar-refractivity contribution in [1.82, 2.24) is 0 Å². The zero-order valence-electron chi connectivity index (χ0n) is 21.7. The Kier molecular flexibility index (Phi) is 12.0. The lowest BCUT2D eigenvalue weighted by Gasteiger charge is -2.29. The van der Waals surface area contributed by atoms with Crippen LogP contribution in [0.3, 0.4) is 0 Å². The summed E-state index contributed by atoms with van der Waals surface area (Å²) in [4.78, 5) is 18.9. The molecular formula is C28H38O4Si2. The summed E-state index contributed by atoms with van der Waals surface area (Å²) in [6.45, 7) is 10.6. The lowest BCUT2D eigenvalue weighted by atomic mass is 10.3. The summed E-state index contributed by atoms with van der Waals surface area (Å²) in [5.74, 6) is 0.333. The van der Waals surface area contributed by atoms with Crippen molar-refractivity contribution >= 4 is 48.9 Å². The quantitative estimate of drug-likeness (QED) is 0.492. The van der Waals surface area contributed by atoms with Gasteiger partial charge >= 0.3 is 0 Å². The number of hydrogen-bond acceptors (Lipinski definition) is 4. The Morgan fingerprint density at radius 2 is 0.706 bits per heavy atom. The van der Waals surface area contributed by atoms with Crippen LogP contribution in [0.4, 0.5) is 0 Å². The number of carbonyl (C=O) groups is 2. The molecule has 0 fully saturated rings. The Morgan fingerprint density at radius 1 is 0.500 bits per heavy atom. The van der Waals surface area contributed by atoms with Crippen LogP contribution in [-0.4, -0.2) is 42.4 Å². The van der Waals surface area contributed by atoms with Gasteiger partial charge in [0, 0.05) is 14.2 Å². The number of rotatable bonds is 6. The van der Waals surface area contributed by atoms with Gasteiger partial charge in [-0.3, -0.25) is 0 Å². The summed E-state index contributed by atoms with van der Waals surface area (Å²) in [6, 6.07) is 30.0. The number of ketones is 2. The molecule has 182 valence electrons. The van der Waals surface area contributed by atoms with E-state index in [-0.39, 0.29) is 11.6 Å². The summed E-state index contributed by atoms with van der Waals surface area (Å²) in [5, 5.41) is 5.11. The summed E-state index contributed by atoms with van der Waals surface area (Å²) < 4.78 is 12.1. The molecule has 2 unspecified atom stereocenters. The number of Topliss-reactive ketones (excluding diaryl/α,β-unsaturated/α-hetero) is 2. The van der Waals surface area contributed by atoms with Gasteiger partial charge in [0.25, 0.3) is 16.6 Å². The third-order valence-corrected chi connectivity index (χ3v) is 12.8. The molecule has 6 heteroatoms. The summed E-state index contributed by atoms with van der Waals surface area (Å²) in [7, 11) is -0.696. The summed E-state index contributed by atoms with van der Waals surface area (Å²) in [5.41, 5.74) is 0. The van der Waals surface area contributed by atoms with Crippen LogP contribution in [0.25, 0.3) is 0 Å². The first-order chi connectivity index (χ1) is 16.0. The average molecular weight is 495 g/mol. The molecule has 3 rings (SSSR count). The molecule has 34 heavy (non-hydrogen) atoms. The SMILES string of the molecule is CC(C)=O.CC(C)=O.CO[Si](C)(c1ccccc1)c1ccc([Si](C)(OC)c2ccccc2)cc1. The second-order valence-corrected chi connectivity index (χ2v) is 15.9. The van der Waals surface area contributed by atoms with Gasteiger partial charge in [-0.25, -0.2) is 0 Å². The van der Waals surface area contributed by atoms with Gasteiger partial charge in [0.05, 0.1) is 0 Å². The highest BCUT2D eigenvalue weighted by atomic mass is 28.4. The van der Waals surface area contributed by atoms with E-state index in [4.69, 9.17) is 8.85 Å². The molecule has 2 atom stereocenters. The monoisotopic (exact) mass is 494 g/mol. The molecule has 3 aromatic rings. The van der Waals surface area contributed by atoms with Crippen LogP contribution in [-0.2, 0) is 18.4 Å². The van der Waals surface area contributed by atoms with Gasteiger partial charge in [-0.1, -0.05) is 84.9 Å². The molecule has 0 saturated heterocycles. The zero-order chi connectivity index (χ0) is 25.8. The molecule has 0 heterocycles. The summed E-state index contributed by atoms with van der Waals surface area (Å²) >= 11 is 0. The van der Waals surface area contributed by atoms with Gasteiger partial charge < -0.3 is 18.4 Å². The molecule has 0 saturated carbocycles. The molecule has 0 amide bonds. The molecule has 0 aliphatic carbocycles. The van der Waals surface area contributed by atoms with E-state index < -0.39 is 16.6 Å². The molecule has 4 nitrogen and oxygen atoms in total. The van der Waals surface area contributed by atoms with E-state index >= 15 is 0 Å². The Morgan fingerprint density at radius 3 is 0.912 bits per heavy atom. The van der Waals surface area contributed by atoms with Crippen molar-refractivity contribution in [2.75, 3.05) is 14.2 Å². The Balaban J connectivity index is 0.000000629. The molecule has 0 aliphatic heterocycles. The number of benzene rings is 3. The maximum Gasteiger partial charge on any atom is 0.252 e. The van der Waals surface area contributed by atoms with Crippen molar-refractivity contribution in [1.29, 1.82) is 0 Å². The first kappa shape index (κ1) is 29.4. The minimum atomic E-state index is -2.17. The van der Waals surface area contributed by atoms with Crippen molar-refractivity contribution in [2.45, 2.75) is 40.8 Å². The predicted octanol–water partition coefficient (Wildman–Crippen LogP) is 3.55. The van der Waals surface area contributed by atoms with Gasteiger partial charge in [0.15, 0.2) is 0 Å². The van der Waals surface area contributed by atoms with E-state index in [0.717, 1.165) is 0 Å². The maximum absolute atomic E-state index is 9.44. The highest BCUT2D eigenvalue weighted by molar-refractivity contribution is 6.97. The molecular weight excluding hydrogens is 456 g/mol. The predicted molar refractivity (Wildman–Crippen MR) is 148 cm³/mol. The maximum atomic E-state index is 9.44. The van der Waals surface area contributed by atoms with Gasteiger partial charge in [-0.05, 0) is 61.5 Å². The lowest BCUT2D eigenvalue weighted by Crippen LogP contribution is -2.60. The number of carbonyl (C=O) groups excluding carboxylic acids is 2. The highest BCUT2D eigenvalue weighted by Crippen LogP contribution is 2.09. The molecule has 0 spiro atoms. The van der Waals surface area contributed by atoms with Crippen molar-refractivity contribution in [3.05, 3.63) is 84.9 Å².